The SMILES string of the molecule is Cc1ccc2c(Cl)cc(Cl)c(OCCNC3CC3)c2n1. The first kappa shape index (κ1) is 13.9. The van der Waals surface area contributed by atoms with Gasteiger partial charge in [0.25, 0.3) is 0 Å². The number of hydrogen-bond acceptors (Lipinski definition) is 3. The fraction of sp³-hybridized carbons (Fsp3) is 0.400. The van der Waals surface area contributed by atoms with Crippen molar-refractivity contribution in [1.82, 2.24) is 10.3 Å². The average molecular weight is 311 g/mol. The number of rotatable bonds is 5. The minimum absolute atomic E-state index is 0.507. The summed E-state index contributed by atoms with van der Waals surface area (Å²) in [5.41, 5.74) is 1.64. The van der Waals surface area contributed by atoms with Gasteiger partial charge in [0, 0.05) is 23.7 Å². The maximum absolute atomic E-state index is 6.24. The summed E-state index contributed by atoms with van der Waals surface area (Å²) in [5, 5.41) is 5.37. The monoisotopic (exact) mass is 310 g/mol. The second kappa shape index (κ2) is 5.76. The Morgan fingerprint density at radius 3 is 2.85 bits per heavy atom. The van der Waals surface area contributed by atoms with Crippen LogP contribution in [0.25, 0.3) is 10.9 Å². The number of hydrogen-bond donors (Lipinski definition) is 1. The summed E-state index contributed by atoms with van der Waals surface area (Å²) >= 11 is 12.5. The first-order chi connectivity index (χ1) is 9.65. The molecular formula is C15H16Cl2N2O. The van der Waals surface area contributed by atoms with Gasteiger partial charge >= 0.3 is 0 Å². The summed E-state index contributed by atoms with van der Waals surface area (Å²) in [6.07, 6.45) is 2.54. The third kappa shape index (κ3) is 3.00. The van der Waals surface area contributed by atoms with E-state index in [0.717, 1.165) is 23.1 Å². The van der Waals surface area contributed by atoms with Crippen molar-refractivity contribution in [3.05, 3.63) is 33.9 Å². The van der Waals surface area contributed by atoms with Gasteiger partial charge in [0.2, 0.25) is 0 Å². The van der Waals surface area contributed by atoms with Crippen LogP contribution in [0, 0.1) is 6.92 Å². The number of pyridine rings is 1. The van der Waals surface area contributed by atoms with Crippen LogP contribution in [0.2, 0.25) is 10.0 Å². The number of fused-ring (bicyclic) bond motifs is 1. The summed E-state index contributed by atoms with van der Waals surface area (Å²) in [4.78, 5) is 4.51. The predicted octanol–water partition coefficient (Wildman–Crippen LogP) is 3.98. The van der Waals surface area contributed by atoms with Gasteiger partial charge in [-0.05, 0) is 38.0 Å². The largest absolute Gasteiger partial charge is 0.488 e. The van der Waals surface area contributed by atoms with E-state index in [1.807, 2.05) is 19.1 Å². The van der Waals surface area contributed by atoms with Gasteiger partial charge in [-0.3, -0.25) is 0 Å². The maximum Gasteiger partial charge on any atom is 0.164 e. The molecule has 0 radical (unpaired) electrons. The predicted molar refractivity (Wildman–Crippen MR) is 83.0 cm³/mol. The van der Waals surface area contributed by atoms with E-state index in [1.54, 1.807) is 6.07 Å². The minimum atomic E-state index is 0.507. The zero-order chi connectivity index (χ0) is 14.1. The lowest BCUT2D eigenvalue weighted by Crippen LogP contribution is -2.23. The van der Waals surface area contributed by atoms with E-state index in [1.165, 1.54) is 12.8 Å². The highest BCUT2D eigenvalue weighted by molar-refractivity contribution is 6.39. The van der Waals surface area contributed by atoms with Crippen LogP contribution in [-0.4, -0.2) is 24.2 Å². The Morgan fingerprint density at radius 1 is 1.30 bits per heavy atom. The maximum atomic E-state index is 6.24. The van der Waals surface area contributed by atoms with Crippen LogP contribution in [0.3, 0.4) is 0 Å². The first-order valence-electron chi connectivity index (χ1n) is 6.76. The Balaban J connectivity index is 1.85. The van der Waals surface area contributed by atoms with Crippen LogP contribution < -0.4 is 10.1 Å². The number of nitrogens with one attached hydrogen (secondary N) is 1. The third-order valence-corrected chi connectivity index (χ3v) is 3.93. The van der Waals surface area contributed by atoms with Gasteiger partial charge in [0.1, 0.15) is 12.1 Å². The Hall–Kier alpha value is -1.03. The van der Waals surface area contributed by atoms with Crippen molar-refractivity contribution in [2.45, 2.75) is 25.8 Å². The summed E-state index contributed by atoms with van der Waals surface area (Å²) in [6.45, 7) is 3.33. The van der Waals surface area contributed by atoms with Crippen molar-refractivity contribution >= 4 is 34.1 Å². The van der Waals surface area contributed by atoms with E-state index in [2.05, 4.69) is 10.3 Å². The lowest BCUT2D eigenvalue weighted by molar-refractivity contribution is 0.316. The summed E-state index contributed by atoms with van der Waals surface area (Å²) < 4.78 is 5.82. The molecular weight excluding hydrogens is 295 g/mol. The lowest BCUT2D eigenvalue weighted by atomic mass is 10.2. The normalized spacial score (nSPS) is 14.8. The van der Waals surface area contributed by atoms with E-state index in [0.29, 0.717) is 28.4 Å². The smallest absolute Gasteiger partial charge is 0.164 e. The molecule has 0 aliphatic heterocycles. The fourth-order valence-corrected chi connectivity index (χ4v) is 2.70. The molecule has 106 valence electrons. The Morgan fingerprint density at radius 2 is 2.10 bits per heavy atom. The Kier molecular flexibility index (Phi) is 4.01. The summed E-state index contributed by atoms with van der Waals surface area (Å²) in [5.74, 6) is 0.618. The second-order valence-electron chi connectivity index (χ2n) is 5.09. The van der Waals surface area contributed by atoms with Crippen LogP contribution in [0.1, 0.15) is 18.5 Å². The lowest BCUT2D eigenvalue weighted by Gasteiger charge is -2.12. The second-order valence-corrected chi connectivity index (χ2v) is 5.91. The fourth-order valence-electron chi connectivity index (χ4n) is 2.13. The Bertz CT molecular complexity index is 641. The zero-order valence-electron chi connectivity index (χ0n) is 11.2. The van der Waals surface area contributed by atoms with Gasteiger partial charge in [0.05, 0.1) is 10.0 Å². The van der Waals surface area contributed by atoms with Crippen molar-refractivity contribution in [1.29, 1.82) is 0 Å². The van der Waals surface area contributed by atoms with Crippen LogP contribution in [0.5, 0.6) is 5.75 Å². The van der Waals surface area contributed by atoms with Crippen molar-refractivity contribution in [2.75, 3.05) is 13.2 Å². The van der Waals surface area contributed by atoms with Gasteiger partial charge in [0.15, 0.2) is 5.75 Å². The molecule has 1 aromatic heterocycles. The van der Waals surface area contributed by atoms with Gasteiger partial charge in [-0.15, -0.1) is 0 Å². The van der Waals surface area contributed by atoms with Crippen molar-refractivity contribution in [3.63, 3.8) is 0 Å². The molecule has 3 nitrogen and oxygen atoms in total. The van der Waals surface area contributed by atoms with Gasteiger partial charge < -0.3 is 10.1 Å². The van der Waals surface area contributed by atoms with Crippen LogP contribution in [0.4, 0.5) is 0 Å². The minimum Gasteiger partial charge on any atom is -0.488 e. The summed E-state index contributed by atoms with van der Waals surface area (Å²) in [7, 11) is 0. The number of aromatic nitrogens is 1. The van der Waals surface area contributed by atoms with Gasteiger partial charge in [-0.2, -0.15) is 0 Å². The van der Waals surface area contributed by atoms with Crippen LogP contribution in [0.15, 0.2) is 18.2 Å². The van der Waals surface area contributed by atoms with Crippen molar-refractivity contribution < 1.29 is 4.74 Å². The van der Waals surface area contributed by atoms with Crippen LogP contribution >= 0.6 is 23.2 Å². The van der Waals surface area contributed by atoms with E-state index in [9.17, 15) is 0 Å². The van der Waals surface area contributed by atoms with Gasteiger partial charge in [-0.1, -0.05) is 23.2 Å². The number of benzene rings is 1. The van der Waals surface area contributed by atoms with E-state index in [-0.39, 0.29) is 0 Å². The standard InChI is InChI=1S/C15H16Cl2N2O/c1-9-2-5-11-12(16)8-13(17)15(14(11)19-9)20-7-6-18-10-3-4-10/h2,5,8,10,18H,3-4,6-7H2,1H3. The molecule has 1 aliphatic carbocycles. The molecule has 1 heterocycles. The number of ether oxygens (including phenoxy) is 1. The molecule has 3 rings (SSSR count). The van der Waals surface area contributed by atoms with E-state index < -0.39 is 0 Å². The highest BCUT2D eigenvalue weighted by atomic mass is 35.5. The molecule has 0 spiro atoms. The molecule has 1 N–H and O–H groups in total. The molecule has 0 bridgehead atoms. The molecule has 2 aromatic rings. The summed E-state index contributed by atoms with van der Waals surface area (Å²) in [6, 6.07) is 6.27. The number of nitrogens with zero attached hydrogens (tertiary/aromatic N) is 1. The first-order valence-corrected chi connectivity index (χ1v) is 7.52. The zero-order valence-corrected chi connectivity index (χ0v) is 12.8. The Labute approximate surface area is 128 Å². The quantitative estimate of drug-likeness (QED) is 0.848. The molecule has 20 heavy (non-hydrogen) atoms. The van der Waals surface area contributed by atoms with Crippen molar-refractivity contribution in [3.8, 4) is 5.75 Å². The molecule has 1 fully saturated rings. The molecule has 1 aliphatic rings. The highest BCUT2D eigenvalue weighted by Gasteiger charge is 2.20. The molecule has 5 heteroatoms. The molecule has 1 saturated carbocycles. The topological polar surface area (TPSA) is 34.1 Å². The number of halogens is 2. The number of aryl methyl sites for hydroxylation is 1. The molecule has 0 amide bonds. The molecule has 0 saturated heterocycles. The third-order valence-electron chi connectivity index (χ3n) is 3.34. The highest BCUT2D eigenvalue weighted by Crippen LogP contribution is 2.37. The van der Waals surface area contributed by atoms with Crippen LogP contribution in [-0.2, 0) is 0 Å². The molecule has 0 atom stereocenters. The van der Waals surface area contributed by atoms with Crippen molar-refractivity contribution in [2.24, 2.45) is 0 Å². The molecule has 0 unspecified atom stereocenters. The van der Waals surface area contributed by atoms with E-state index in [4.69, 9.17) is 27.9 Å². The van der Waals surface area contributed by atoms with E-state index >= 15 is 0 Å². The van der Waals surface area contributed by atoms with Gasteiger partial charge in [-0.25, -0.2) is 4.98 Å². The average Bonchev–Trinajstić information content (AvgIpc) is 3.21. The molecule has 1 aromatic carbocycles.